The molecular weight excluding hydrogens is 695 g/mol. The number of hydrogen-bond donors (Lipinski definition) is 4. The summed E-state index contributed by atoms with van der Waals surface area (Å²) < 4.78 is 70.8. The number of piperidine rings is 1. The summed E-state index contributed by atoms with van der Waals surface area (Å²) in [4.78, 5) is 0.374. The van der Waals surface area contributed by atoms with Crippen LogP contribution in [0.5, 0.6) is 5.75 Å². The second kappa shape index (κ2) is 16.0. The van der Waals surface area contributed by atoms with Crippen LogP contribution in [0.3, 0.4) is 0 Å². The molecule has 4 N–H and O–H groups in total. The fourth-order valence-corrected chi connectivity index (χ4v) is 10.2. The number of hydrogen-bond acceptors (Lipinski definition) is 11. The van der Waals surface area contributed by atoms with Gasteiger partial charge in [0.2, 0.25) is 10.0 Å². The second-order valence-corrected chi connectivity index (χ2v) is 18.2. The number of sulfone groups is 1. The first-order valence-electron chi connectivity index (χ1n) is 17.5. The third-order valence-corrected chi connectivity index (χ3v) is 14.7. The first-order valence-corrected chi connectivity index (χ1v) is 20.4. The maximum Gasteiger partial charge on any atom is 0.243 e. The van der Waals surface area contributed by atoms with E-state index in [1.165, 1.54) is 12.1 Å². The molecule has 2 saturated heterocycles. The quantitative estimate of drug-likeness (QED) is 0.151. The van der Waals surface area contributed by atoms with E-state index >= 15 is 0 Å². The number of rotatable bonds is 17. The van der Waals surface area contributed by atoms with Crippen molar-refractivity contribution in [1.29, 1.82) is 0 Å². The SMILES string of the molecule is COCCNCc1ccc(-c2cccc(S(=O)(=O)N3CCC4(CC3)C[C@@H](NCC(O)COc3cccc(S(=O)(=O)C5(CO)CC5)c3)CO4)c2)cc1. The van der Waals surface area contributed by atoms with Gasteiger partial charge in [-0.1, -0.05) is 42.5 Å². The highest BCUT2D eigenvalue weighted by molar-refractivity contribution is 7.93. The Bertz CT molecular complexity index is 1840. The molecule has 14 heteroatoms. The molecule has 1 saturated carbocycles. The van der Waals surface area contributed by atoms with E-state index in [0.29, 0.717) is 64.2 Å². The zero-order valence-corrected chi connectivity index (χ0v) is 30.6. The van der Waals surface area contributed by atoms with Gasteiger partial charge in [0.15, 0.2) is 9.84 Å². The molecule has 3 aromatic rings. The van der Waals surface area contributed by atoms with Gasteiger partial charge >= 0.3 is 0 Å². The average molecular weight is 744 g/mol. The number of methoxy groups -OCH3 is 1. The molecule has 0 amide bonds. The molecule has 2 aliphatic heterocycles. The molecule has 1 spiro atoms. The molecule has 0 bridgehead atoms. The van der Waals surface area contributed by atoms with Gasteiger partial charge in [-0.15, -0.1) is 0 Å². The lowest BCUT2D eigenvalue weighted by Crippen LogP contribution is -2.47. The fourth-order valence-electron chi connectivity index (χ4n) is 6.85. The molecule has 1 unspecified atom stereocenters. The summed E-state index contributed by atoms with van der Waals surface area (Å²) >= 11 is 0. The van der Waals surface area contributed by atoms with Crippen molar-refractivity contribution >= 4 is 19.9 Å². The summed E-state index contributed by atoms with van der Waals surface area (Å²) in [5.41, 5.74) is 2.50. The topological polar surface area (TPSA) is 164 Å². The first-order chi connectivity index (χ1) is 24.5. The molecule has 2 heterocycles. The van der Waals surface area contributed by atoms with Crippen LogP contribution in [0, 0.1) is 0 Å². The Morgan fingerprint density at radius 2 is 1.67 bits per heavy atom. The van der Waals surface area contributed by atoms with Crippen LogP contribution in [0.2, 0.25) is 0 Å². The van der Waals surface area contributed by atoms with Gasteiger partial charge in [-0.2, -0.15) is 4.31 Å². The van der Waals surface area contributed by atoms with Crippen molar-refractivity contribution in [3.8, 4) is 16.9 Å². The monoisotopic (exact) mass is 743 g/mol. The van der Waals surface area contributed by atoms with Crippen LogP contribution < -0.4 is 15.4 Å². The molecule has 2 atom stereocenters. The van der Waals surface area contributed by atoms with Crippen molar-refractivity contribution in [3.05, 3.63) is 78.4 Å². The lowest BCUT2D eigenvalue weighted by atomic mass is 9.88. The van der Waals surface area contributed by atoms with Gasteiger partial charge in [0.1, 0.15) is 18.5 Å². The van der Waals surface area contributed by atoms with Gasteiger partial charge in [-0.05, 0) is 79.1 Å². The van der Waals surface area contributed by atoms with Gasteiger partial charge in [-0.3, -0.25) is 0 Å². The number of benzene rings is 3. The van der Waals surface area contributed by atoms with E-state index in [-0.39, 0.29) is 29.0 Å². The minimum atomic E-state index is -3.70. The summed E-state index contributed by atoms with van der Waals surface area (Å²) in [6.07, 6.45) is 1.88. The van der Waals surface area contributed by atoms with Crippen molar-refractivity contribution in [2.24, 2.45) is 0 Å². The summed E-state index contributed by atoms with van der Waals surface area (Å²) in [6, 6.07) is 21.4. The number of ether oxygens (including phenoxy) is 3. The maximum absolute atomic E-state index is 13.7. The normalized spacial score (nSPS) is 20.7. The third kappa shape index (κ3) is 8.66. The van der Waals surface area contributed by atoms with Gasteiger partial charge in [-0.25, -0.2) is 16.8 Å². The first kappa shape index (κ1) is 37.8. The number of sulfonamides is 1. The van der Waals surface area contributed by atoms with Crippen molar-refractivity contribution in [2.75, 3.05) is 59.7 Å². The lowest BCUT2D eigenvalue weighted by molar-refractivity contribution is -0.0312. The summed E-state index contributed by atoms with van der Waals surface area (Å²) in [5.74, 6) is 0.330. The van der Waals surface area contributed by atoms with Gasteiger partial charge < -0.3 is 35.1 Å². The van der Waals surface area contributed by atoms with Crippen molar-refractivity contribution in [2.45, 2.75) is 70.9 Å². The van der Waals surface area contributed by atoms with Crippen LogP contribution in [-0.4, -0.2) is 114 Å². The molecule has 0 aromatic heterocycles. The molecule has 3 aliphatic rings. The minimum Gasteiger partial charge on any atom is -0.491 e. The van der Waals surface area contributed by atoms with Crippen LogP contribution >= 0.6 is 0 Å². The Hall–Kier alpha value is -2.92. The lowest BCUT2D eigenvalue weighted by Gasteiger charge is -2.38. The number of aliphatic hydroxyl groups is 2. The molecule has 6 rings (SSSR count). The predicted octanol–water partition coefficient (Wildman–Crippen LogP) is 2.73. The summed E-state index contributed by atoms with van der Waals surface area (Å²) in [6.45, 7) is 3.12. The fraction of sp³-hybridized carbons (Fsp3) is 0.514. The summed E-state index contributed by atoms with van der Waals surface area (Å²) in [7, 11) is -5.70. The van der Waals surface area contributed by atoms with Crippen LogP contribution in [0.25, 0.3) is 11.1 Å². The smallest absolute Gasteiger partial charge is 0.243 e. The molecular formula is C37H49N3O9S2. The van der Waals surface area contributed by atoms with Crippen molar-refractivity contribution in [1.82, 2.24) is 14.9 Å². The Kier molecular flexibility index (Phi) is 11.9. The van der Waals surface area contributed by atoms with Gasteiger partial charge in [0.05, 0.1) is 40.0 Å². The van der Waals surface area contributed by atoms with E-state index in [1.54, 1.807) is 41.7 Å². The van der Waals surface area contributed by atoms with Crippen LogP contribution in [-0.2, 0) is 35.9 Å². The van der Waals surface area contributed by atoms with E-state index in [9.17, 15) is 27.0 Å². The minimum absolute atomic E-state index is 0.00583. The zero-order chi connectivity index (χ0) is 36.1. The molecule has 3 aromatic carbocycles. The Balaban J connectivity index is 0.960. The molecule has 1 aliphatic carbocycles. The number of nitrogens with one attached hydrogen (secondary N) is 2. The van der Waals surface area contributed by atoms with Crippen molar-refractivity contribution < 1.29 is 41.3 Å². The van der Waals surface area contributed by atoms with Gasteiger partial charge in [0, 0.05) is 45.9 Å². The standard InChI is InChI=1S/C37H49N3O9S2/c1-47-19-16-38-23-28-8-10-29(11-9-28)30-4-2-7-35(20-30)51(45,46)40-17-14-36(15-18-40)22-31(25-49-36)39-24-32(42)26-48-33-5-3-6-34(21-33)50(43,44)37(27-41)12-13-37/h2-11,20-21,31-32,38-39,41-42H,12-19,22-27H2,1H3/t31-,32?/m1/s1. The Labute approximate surface area is 301 Å². The van der Waals surface area contributed by atoms with Crippen LogP contribution in [0.15, 0.2) is 82.6 Å². The number of aliphatic hydroxyl groups excluding tert-OH is 2. The maximum atomic E-state index is 13.7. The average Bonchev–Trinajstić information content (AvgIpc) is 3.88. The molecule has 278 valence electrons. The van der Waals surface area contributed by atoms with Crippen molar-refractivity contribution in [3.63, 3.8) is 0 Å². The molecule has 12 nitrogen and oxygen atoms in total. The van der Waals surface area contributed by atoms with E-state index in [4.69, 9.17) is 14.2 Å². The zero-order valence-electron chi connectivity index (χ0n) is 29.0. The van der Waals surface area contributed by atoms with E-state index < -0.39 is 42.9 Å². The Morgan fingerprint density at radius 3 is 2.37 bits per heavy atom. The summed E-state index contributed by atoms with van der Waals surface area (Å²) in [5, 5.41) is 26.9. The number of nitrogens with zero attached hydrogens (tertiary/aromatic N) is 1. The Morgan fingerprint density at radius 1 is 0.941 bits per heavy atom. The van der Waals surface area contributed by atoms with E-state index in [0.717, 1.165) is 29.8 Å². The van der Waals surface area contributed by atoms with E-state index in [2.05, 4.69) is 10.6 Å². The highest BCUT2D eigenvalue weighted by Gasteiger charge is 2.54. The van der Waals surface area contributed by atoms with Crippen LogP contribution in [0.1, 0.15) is 37.7 Å². The largest absolute Gasteiger partial charge is 0.491 e. The molecule has 0 radical (unpaired) electrons. The second-order valence-electron chi connectivity index (χ2n) is 13.9. The predicted molar refractivity (Wildman–Crippen MR) is 193 cm³/mol. The van der Waals surface area contributed by atoms with Gasteiger partial charge in [0.25, 0.3) is 0 Å². The highest BCUT2D eigenvalue weighted by atomic mass is 32.2. The molecule has 51 heavy (non-hydrogen) atoms. The molecule has 3 fully saturated rings. The van der Waals surface area contributed by atoms with Crippen LogP contribution in [0.4, 0.5) is 0 Å². The highest BCUT2D eigenvalue weighted by Crippen LogP contribution is 2.46. The third-order valence-electron chi connectivity index (χ3n) is 10.3. The van der Waals surface area contributed by atoms with E-state index in [1.807, 2.05) is 30.3 Å².